The number of thioether (sulfide) groups is 2. The van der Waals surface area contributed by atoms with Crippen molar-refractivity contribution >= 4 is 46.0 Å². The normalized spacial score (nSPS) is 28.5. The van der Waals surface area contributed by atoms with Crippen LogP contribution in [0.3, 0.4) is 0 Å². The molecule has 2 saturated heterocycles. The number of amides is 1. The monoisotopic (exact) mass is 232 g/mol. The Morgan fingerprint density at radius 1 is 1.62 bits per heavy atom. The fraction of sp³-hybridized carbons (Fsp3) is 0.429. The fourth-order valence-corrected chi connectivity index (χ4v) is 3.64. The maximum atomic E-state index is 11.4. The standard InChI is InChI=1S/C7H8N2OS3/c1-9-2-3-12-6(9)4-5(10)8-7(11)13-4/h2-3H2,1H3,(H,8,10,11). The molecule has 0 aromatic carbocycles. The molecule has 0 aliphatic carbocycles. The molecule has 0 aromatic rings. The summed E-state index contributed by atoms with van der Waals surface area (Å²) in [5.74, 6) is 1.00. The van der Waals surface area contributed by atoms with Gasteiger partial charge in [0.1, 0.15) is 9.23 Å². The van der Waals surface area contributed by atoms with Gasteiger partial charge >= 0.3 is 0 Å². The molecular formula is C7H8N2OS3. The number of thiocarbonyl (C=S) groups is 1. The van der Waals surface area contributed by atoms with E-state index in [2.05, 4.69) is 10.2 Å². The van der Waals surface area contributed by atoms with Crippen molar-refractivity contribution in [3.63, 3.8) is 0 Å². The number of hydrogen-bond donors (Lipinski definition) is 1. The van der Waals surface area contributed by atoms with Gasteiger partial charge in [-0.2, -0.15) is 0 Å². The molecule has 2 aliphatic heterocycles. The van der Waals surface area contributed by atoms with E-state index in [9.17, 15) is 4.79 Å². The number of carbonyl (C=O) groups excluding carboxylic acids is 1. The first-order chi connectivity index (χ1) is 6.18. The Morgan fingerprint density at radius 3 is 2.85 bits per heavy atom. The molecule has 1 N–H and O–H groups in total. The molecule has 0 spiro atoms. The number of nitrogens with zero attached hydrogens (tertiary/aromatic N) is 1. The van der Waals surface area contributed by atoms with E-state index >= 15 is 0 Å². The maximum Gasteiger partial charge on any atom is 0.266 e. The summed E-state index contributed by atoms with van der Waals surface area (Å²) < 4.78 is 0.563. The maximum absolute atomic E-state index is 11.4. The van der Waals surface area contributed by atoms with Gasteiger partial charge in [-0.05, 0) is 0 Å². The van der Waals surface area contributed by atoms with E-state index in [-0.39, 0.29) is 5.91 Å². The summed E-state index contributed by atoms with van der Waals surface area (Å²) in [6.07, 6.45) is 0. The molecule has 2 heterocycles. The van der Waals surface area contributed by atoms with Crippen LogP contribution in [0.4, 0.5) is 0 Å². The Hall–Kier alpha value is -0.200. The van der Waals surface area contributed by atoms with Crippen LogP contribution in [0.25, 0.3) is 0 Å². The topological polar surface area (TPSA) is 32.3 Å². The van der Waals surface area contributed by atoms with Crippen molar-refractivity contribution < 1.29 is 4.79 Å². The lowest BCUT2D eigenvalue weighted by molar-refractivity contribution is -0.115. The van der Waals surface area contributed by atoms with Gasteiger partial charge in [0, 0.05) is 19.3 Å². The Balaban J connectivity index is 2.32. The second-order valence-electron chi connectivity index (χ2n) is 2.75. The quantitative estimate of drug-likeness (QED) is 0.497. The van der Waals surface area contributed by atoms with Crippen molar-refractivity contribution in [3.8, 4) is 0 Å². The third-order valence-corrected chi connectivity index (χ3v) is 4.35. The molecule has 0 saturated carbocycles. The van der Waals surface area contributed by atoms with E-state index in [1.807, 2.05) is 7.05 Å². The van der Waals surface area contributed by atoms with Gasteiger partial charge in [-0.25, -0.2) is 0 Å². The van der Waals surface area contributed by atoms with E-state index in [0.717, 1.165) is 22.2 Å². The number of hydrogen-bond acceptors (Lipinski definition) is 5. The van der Waals surface area contributed by atoms with Crippen molar-refractivity contribution in [2.45, 2.75) is 0 Å². The van der Waals surface area contributed by atoms with Crippen molar-refractivity contribution in [1.29, 1.82) is 0 Å². The molecule has 2 aliphatic rings. The zero-order chi connectivity index (χ0) is 9.42. The zero-order valence-corrected chi connectivity index (χ0v) is 9.44. The van der Waals surface area contributed by atoms with Crippen molar-refractivity contribution in [2.75, 3.05) is 19.3 Å². The van der Waals surface area contributed by atoms with Crippen LogP contribution < -0.4 is 5.32 Å². The summed E-state index contributed by atoms with van der Waals surface area (Å²) in [6.45, 7) is 1.00. The average Bonchev–Trinajstić information content (AvgIpc) is 2.58. The van der Waals surface area contributed by atoms with Crippen LogP contribution in [0, 0.1) is 0 Å². The van der Waals surface area contributed by atoms with Crippen molar-refractivity contribution in [1.82, 2.24) is 10.2 Å². The third kappa shape index (κ3) is 1.70. The molecule has 13 heavy (non-hydrogen) atoms. The molecule has 0 bridgehead atoms. The van der Waals surface area contributed by atoms with Gasteiger partial charge in [0.25, 0.3) is 5.91 Å². The summed E-state index contributed by atoms with van der Waals surface area (Å²) in [7, 11) is 2.00. The Bertz CT molecular complexity index is 313. The molecule has 1 amide bonds. The van der Waals surface area contributed by atoms with E-state index in [1.54, 1.807) is 11.8 Å². The van der Waals surface area contributed by atoms with Crippen LogP contribution in [0.1, 0.15) is 0 Å². The predicted molar refractivity (Wildman–Crippen MR) is 60.4 cm³/mol. The lowest BCUT2D eigenvalue weighted by atomic mass is 10.5. The Morgan fingerprint density at radius 2 is 2.38 bits per heavy atom. The van der Waals surface area contributed by atoms with Crippen LogP contribution in [0.15, 0.2) is 9.93 Å². The largest absolute Gasteiger partial charge is 0.368 e. The molecule has 6 heteroatoms. The third-order valence-electron chi connectivity index (χ3n) is 1.82. The van der Waals surface area contributed by atoms with Gasteiger partial charge in [0.15, 0.2) is 0 Å². The molecule has 0 atom stereocenters. The lowest BCUT2D eigenvalue weighted by Crippen LogP contribution is -2.20. The van der Waals surface area contributed by atoms with E-state index in [0.29, 0.717) is 4.32 Å². The van der Waals surface area contributed by atoms with Gasteiger partial charge in [-0.15, -0.1) is 11.8 Å². The molecule has 0 aromatic heterocycles. The minimum atomic E-state index is -0.0498. The zero-order valence-electron chi connectivity index (χ0n) is 6.99. The highest BCUT2D eigenvalue weighted by atomic mass is 32.2. The minimum Gasteiger partial charge on any atom is -0.368 e. The van der Waals surface area contributed by atoms with Crippen molar-refractivity contribution in [3.05, 3.63) is 9.93 Å². The summed E-state index contributed by atoms with van der Waals surface area (Å²) >= 11 is 8.00. The second kappa shape index (κ2) is 3.51. The number of nitrogens with one attached hydrogen (secondary N) is 1. The van der Waals surface area contributed by atoms with Crippen LogP contribution >= 0.6 is 35.7 Å². The fourth-order valence-electron chi connectivity index (χ4n) is 1.18. The van der Waals surface area contributed by atoms with Crippen LogP contribution in [-0.4, -0.2) is 34.5 Å². The summed E-state index contributed by atoms with van der Waals surface area (Å²) in [5, 5.41) is 3.68. The first-order valence-corrected chi connectivity index (χ1v) is 6.01. The van der Waals surface area contributed by atoms with Crippen LogP contribution in [-0.2, 0) is 4.79 Å². The van der Waals surface area contributed by atoms with Gasteiger partial charge in [-0.1, -0.05) is 24.0 Å². The highest BCUT2D eigenvalue weighted by Gasteiger charge is 2.29. The highest BCUT2D eigenvalue weighted by molar-refractivity contribution is 8.27. The van der Waals surface area contributed by atoms with Gasteiger partial charge in [0.2, 0.25) is 0 Å². The summed E-state index contributed by atoms with van der Waals surface area (Å²) in [4.78, 5) is 14.3. The Labute approximate surface area is 90.3 Å². The second-order valence-corrected chi connectivity index (χ2v) is 5.52. The lowest BCUT2D eigenvalue weighted by Gasteiger charge is -2.11. The minimum absolute atomic E-state index is 0.0498. The van der Waals surface area contributed by atoms with Gasteiger partial charge < -0.3 is 10.2 Å². The first kappa shape index (κ1) is 9.36. The smallest absolute Gasteiger partial charge is 0.266 e. The molecule has 3 nitrogen and oxygen atoms in total. The van der Waals surface area contributed by atoms with E-state index in [4.69, 9.17) is 12.2 Å². The predicted octanol–water partition coefficient (Wildman–Crippen LogP) is 0.982. The van der Waals surface area contributed by atoms with Crippen LogP contribution in [0.2, 0.25) is 0 Å². The molecule has 0 unspecified atom stereocenters. The van der Waals surface area contributed by atoms with Crippen molar-refractivity contribution in [2.24, 2.45) is 0 Å². The van der Waals surface area contributed by atoms with E-state index in [1.165, 1.54) is 11.8 Å². The molecule has 0 radical (unpaired) electrons. The average molecular weight is 232 g/mol. The van der Waals surface area contributed by atoms with E-state index < -0.39 is 0 Å². The molecule has 2 fully saturated rings. The summed E-state index contributed by atoms with van der Waals surface area (Å²) in [5.41, 5.74) is 0. The Kier molecular flexibility index (Phi) is 2.53. The SMILES string of the molecule is CN1CCSC1=C1SC(=S)NC1=O. The molecule has 2 rings (SSSR count). The number of carbonyl (C=O) groups is 1. The summed E-state index contributed by atoms with van der Waals surface area (Å²) in [6, 6.07) is 0. The number of rotatable bonds is 0. The molecule has 70 valence electrons. The van der Waals surface area contributed by atoms with Crippen LogP contribution in [0.5, 0.6) is 0 Å². The van der Waals surface area contributed by atoms with Gasteiger partial charge in [0.05, 0.1) is 5.03 Å². The first-order valence-electron chi connectivity index (χ1n) is 3.80. The molecular weight excluding hydrogens is 224 g/mol. The van der Waals surface area contributed by atoms with Gasteiger partial charge in [-0.3, -0.25) is 4.79 Å². The highest BCUT2D eigenvalue weighted by Crippen LogP contribution is 2.36.